The predicted molar refractivity (Wildman–Crippen MR) is 122 cm³/mol. The summed E-state index contributed by atoms with van der Waals surface area (Å²) in [5.41, 5.74) is 4.33. The Kier molecular flexibility index (Phi) is 7.69. The first-order valence-electron chi connectivity index (χ1n) is 8.96. The van der Waals surface area contributed by atoms with E-state index in [1.54, 1.807) is 30.5 Å². The first kappa shape index (κ1) is 21.7. The summed E-state index contributed by atoms with van der Waals surface area (Å²) in [7, 11) is 0. The third kappa shape index (κ3) is 6.22. The van der Waals surface area contributed by atoms with Gasteiger partial charge in [0.05, 0.1) is 18.6 Å². The van der Waals surface area contributed by atoms with E-state index in [2.05, 4.69) is 42.0 Å². The molecular weight excluding hydrogens is 470 g/mol. The minimum absolute atomic E-state index is 0.130. The number of rotatable bonds is 9. The number of benzene rings is 2. The molecule has 0 bridgehead atoms. The summed E-state index contributed by atoms with van der Waals surface area (Å²) in [5, 5.41) is 15.2. The number of nitrogens with two attached hydrogens (primary N) is 1. The van der Waals surface area contributed by atoms with Gasteiger partial charge in [0.25, 0.3) is 5.95 Å². The summed E-state index contributed by atoms with van der Waals surface area (Å²) in [6, 6.07) is 14.8. The molecule has 4 N–H and O–H groups in total. The van der Waals surface area contributed by atoms with E-state index >= 15 is 0 Å². The molecule has 30 heavy (non-hydrogen) atoms. The topological polar surface area (TPSA) is 119 Å². The second-order valence-electron chi connectivity index (χ2n) is 5.89. The Bertz CT molecular complexity index is 1010. The van der Waals surface area contributed by atoms with Crippen LogP contribution in [0.4, 0.5) is 11.6 Å². The van der Waals surface area contributed by atoms with E-state index in [0.717, 1.165) is 15.8 Å². The maximum Gasteiger partial charge on any atom is 0.264 e. The molecular formula is C19H20BrN7O2S. The number of nitrogens with zero attached hydrogens (tertiary/aromatic N) is 4. The van der Waals surface area contributed by atoms with Crippen molar-refractivity contribution in [1.29, 1.82) is 0 Å². The van der Waals surface area contributed by atoms with Crippen molar-refractivity contribution in [2.24, 2.45) is 5.10 Å². The molecule has 0 fully saturated rings. The van der Waals surface area contributed by atoms with E-state index in [0.29, 0.717) is 17.5 Å². The molecule has 0 saturated heterocycles. The first-order valence-corrected chi connectivity index (χ1v) is 10.7. The predicted octanol–water partition coefficient (Wildman–Crippen LogP) is 3.33. The highest BCUT2D eigenvalue weighted by atomic mass is 79.9. The van der Waals surface area contributed by atoms with Crippen molar-refractivity contribution in [3.8, 4) is 5.75 Å². The molecule has 0 aliphatic heterocycles. The van der Waals surface area contributed by atoms with Crippen molar-refractivity contribution in [3.05, 3.63) is 58.6 Å². The highest BCUT2D eigenvalue weighted by Gasteiger charge is 2.12. The average molecular weight is 490 g/mol. The lowest BCUT2D eigenvalue weighted by atomic mass is 10.2. The molecule has 0 spiro atoms. The Hall–Kier alpha value is -3.05. The number of nitrogen functional groups attached to an aromatic ring is 1. The Morgan fingerprint density at radius 2 is 1.97 bits per heavy atom. The highest BCUT2D eigenvalue weighted by Crippen LogP contribution is 2.19. The largest absolute Gasteiger partial charge is 0.494 e. The summed E-state index contributed by atoms with van der Waals surface area (Å²) >= 11 is 4.55. The number of carbonyl (C=O) groups is 1. The van der Waals surface area contributed by atoms with Crippen molar-refractivity contribution in [2.75, 3.05) is 28.9 Å². The molecule has 0 radical (unpaired) electrons. The SMILES string of the molecule is CCOc1ccc(NC(=O)CSc2nnc(N/N=C/c3ccc(Br)cc3)n2N)cc1. The molecule has 156 valence electrons. The van der Waals surface area contributed by atoms with Crippen LogP contribution < -0.4 is 21.3 Å². The minimum atomic E-state index is -0.185. The number of hydrogen-bond donors (Lipinski definition) is 3. The van der Waals surface area contributed by atoms with Gasteiger partial charge in [-0.3, -0.25) is 4.79 Å². The zero-order chi connectivity index (χ0) is 21.3. The standard InChI is InChI=1S/C19H20BrN7O2S/c1-2-29-16-9-7-15(8-10-16)23-17(28)12-30-19-26-25-18(27(19)21)24-22-11-13-3-5-14(20)6-4-13/h3-11H,2,12,21H2,1H3,(H,23,28)(H,24,25)/b22-11+. The Labute approximate surface area is 186 Å². The average Bonchev–Trinajstić information content (AvgIpc) is 3.09. The molecule has 0 aliphatic rings. The molecule has 0 unspecified atom stereocenters. The van der Waals surface area contributed by atoms with Crippen LogP contribution in [0.25, 0.3) is 0 Å². The monoisotopic (exact) mass is 489 g/mol. The van der Waals surface area contributed by atoms with Crippen LogP contribution in [0.1, 0.15) is 12.5 Å². The second kappa shape index (κ2) is 10.6. The number of anilines is 2. The normalized spacial score (nSPS) is 10.9. The van der Waals surface area contributed by atoms with Crippen molar-refractivity contribution < 1.29 is 9.53 Å². The smallest absolute Gasteiger partial charge is 0.264 e. The maximum absolute atomic E-state index is 12.2. The van der Waals surface area contributed by atoms with Crippen molar-refractivity contribution in [1.82, 2.24) is 14.9 Å². The van der Waals surface area contributed by atoms with E-state index in [4.69, 9.17) is 10.6 Å². The van der Waals surface area contributed by atoms with E-state index in [1.807, 2.05) is 31.2 Å². The zero-order valence-corrected chi connectivity index (χ0v) is 18.5. The fraction of sp³-hybridized carbons (Fsp3) is 0.158. The number of amides is 1. The third-order valence-corrected chi connectivity index (χ3v) is 5.17. The van der Waals surface area contributed by atoms with E-state index in [1.165, 1.54) is 16.4 Å². The van der Waals surface area contributed by atoms with Gasteiger partial charge in [-0.05, 0) is 48.9 Å². The number of hydrazone groups is 1. The van der Waals surface area contributed by atoms with Crippen LogP contribution in [0.2, 0.25) is 0 Å². The lowest BCUT2D eigenvalue weighted by Crippen LogP contribution is -2.16. The van der Waals surface area contributed by atoms with Gasteiger partial charge in [0.2, 0.25) is 11.1 Å². The molecule has 3 rings (SSSR count). The maximum atomic E-state index is 12.2. The first-order chi connectivity index (χ1) is 14.5. The van der Waals surface area contributed by atoms with E-state index in [-0.39, 0.29) is 17.6 Å². The number of thioether (sulfide) groups is 1. The van der Waals surface area contributed by atoms with Crippen LogP contribution in [0.5, 0.6) is 5.75 Å². The van der Waals surface area contributed by atoms with E-state index < -0.39 is 0 Å². The highest BCUT2D eigenvalue weighted by molar-refractivity contribution is 9.10. The molecule has 11 heteroatoms. The summed E-state index contributed by atoms with van der Waals surface area (Å²) in [6.07, 6.45) is 1.64. The Balaban J connectivity index is 1.49. The molecule has 1 aromatic heterocycles. The number of nitrogens with one attached hydrogen (secondary N) is 2. The van der Waals surface area contributed by atoms with Gasteiger partial charge in [0.15, 0.2) is 0 Å². The van der Waals surface area contributed by atoms with E-state index in [9.17, 15) is 4.79 Å². The van der Waals surface area contributed by atoms with Gasteiger partial charge in [0, 0.05) is 10.2 Å². The van der Waals surface area contributed by atoms with Crippen molar-refractivity contribution >= 4 is 51.4 Å². The van der Waals surface area contributed by atoms with Crippen LogP contribution in [0.3, 0.4) is 0 Å². The lowest BCUT2D eigenvalue weighted by molar-refractivity contribution is -0.113. The minimum Gasteiger partial charge on any atom is -0.494 e. The fourth-order valence-electron chi connectivity index (χ4n) is 2.29. The van der Waals surface area contributed by atoms with Crippen LogP contribution in [0.15, 0.2) is 63.3 Å². The number of halogens is 1. The molecule has 1 heterocycles. The van der Waals surface area contributed by atoms with Gasteiger partial charge in [-0.2, -0.15) is 5.10 Å². The van der Waals surface area contributed by atoms with Gasteiger partial charge >= 0.3 is 0 Å². The van der Waals surface area contributed by atoms with Gasteiger partial charge < -0.3 is 15.9 Å². The quantitative estimate of drug-likeness (QED) is 0.182. The number of carbonyl (C=O) groups excluding carboxylic acids is 1. The zero-order valence-electron chi connectivity index (χ0n) is 16.1. The summed E-state index contributed by atoms with van der Waals surface area (Å²) in [4.78, 5) is 12.2. The number of aromatic nitrogens is 3. The molecule has 3 aromatic rings. The van der Waals surface area contributed by atoms with Gasteiger partial charge in [0.1, 0.15) is 5.75 Å². The van der Waals surface area contributed by atoms with Crippen LogP contribution in [-0.4, -0.2) is 39.4 Å². The van der Waals surface area contributed by atoms with Crippen molar-refractivity contribution in [3.63, 3.8) is 0 Å². The second-order valence-corrected chi connectivity index (χ2v) is 7.75. The van der Waals surface area contributed by atoms with Crippen LogP contribution in [0, 0.1) is 0 Å². The number of ether oxygens (including phenoxy) is 1. The summed E-state index contributed by atoms with van der Waals surface area (Å²) in [5.74, 6) is 6.93. The van der Waals surface area contributed by atoms with Gasteiger partial charge in [-0.25, -0.2) is 10.1 Å². The Morgan fingerprint density at radius 1 is 1.23 bits per heavy atom. The molecule has 0 aliphatic carbocycles. The third-order valence-electron chi connectivity index (χ3n) is 3.69. The molecule has 0 atom stereocenters. The van der Waals surface area contributed by atoms with Gasteiger partial charge in [-0.15, -0.1) is 10.2 Å². The van der Waals surface area contributed by atoms with Crippen molar-refractivity contribution in [2.45, 2.75) is 12.1 Å². The lowest BCUT2D eigenvalue weighted by Gasteiger charge is -2.07. The van der Waals surface area contributed by atoms with Gasteiger partial charge in [-0.1, -0.05) is 39.8 Å². The molecule has 9 nitrogen and oxygen atoms in total. The summed E-state index contributed by atoms with van der Waals surface area (Å²) < 4.78 is 7.61. The molecule has 2 aromatic carbocycles. The summed E-state index contributed by atoms with van der Waals surface area (Å²) in [6.45, 7) is 2.51. The molecule has 1 amide bonds. The Morgan fingerprint density at radius 3 is 2.67 bits per heavy atom. The number of hydrogen-bond acceptors (Lipinski definition) is 8. The molecule has 0 saturated carbocycles. The fourth-order valence-corrected chi connectivity index (χ4v) is 3.21. The van der Waals surface area contributed by atoms with Crippen LogP contribution >= 0.6 is 27.7 Å². The van der Waals surface area contributed by atoms with Crippen LogP contribution in [-0.2, 0) is 4.79 Å².